The minimum Gasteiger partial charge on any atom is -0.476 e. The van der Waals surface area contributed by atoms with Crippen LogP contribution in [0.5, 0.6) is 0 Å². The molecule has 96 valence electrons. The number of carbonyl (C=O) groups is 1. The number of aromatic nitrogens is 4. The molecule has 0 amide bonds. The van der Waals surface area contributed by atoms with E-state index in [-0.39, 0.29) is 5.69 Å². The molecule has 8 heteroatoms. The van der Waals surface area contributed by atoms with E-state index in [1.54, 1.807) is 29.7 Å². The molecule has 0 radical (unpaired) electrons. The van der Waals surface area contributed by atoms with Crippen molar-refractivity contribution in [3.05, 3.63) is 35.9 Å². The summed E-state index contributed by atoms with van der Waals surface area (Å²) in [5.41, 5.74) is 0.747. The Hall–Kier alpha value is -1.93. The van der Waals surface area contributed by atoms with Crippen molar-refractivity contribution in [2.75, 3.05) is 0 Å². The fourth-order valence-electron chi connectivity index (χ4n) is 1.64. The lowest BCUT2D eigenvalue weighted by atomic mass is 10.4. The molecule has 0 aromatic carbocycles. The summed E-state index contributed by atoms with van der Waals surface area (Å²) in [6.45, 7) is 1.79. The molecule has 3 aromatic heterocycles. The van der Waals surface area contributed by atoms with Crippen molar-refractivity contribution in [2.45, 2.75) is 16.3 Å². The number of pyridine rings is 1. The maximum absolute atomic E-state index is 11.4. The van der Waals surface area contributed by atoms with Crippen LogP contribution in [0.4, 0.5) is 0 Å². The molecule has 0 atom stereocenters. The van der Waals surface area contributed by atoms with Crippen molar-refractivity contribution in [1.82, 2.24) is 18.7 Å². The predicted octanol–water partition coefficient (Wildman–Crippen LogP) is 2.34. The molecule has 0 aliphatic rings. The average molecular weight is 292 g/mol. The number of aromatic carboxylic acids is 1. The Balaban J connectivity index is 2.12. The van der Waals surface area contributed by atoms with Gasteiger partial charge in [0.25, 0.3) is 0 Å². The highest BCUT2D eigenvalue weighted by atomic mass is 32.2. The third-order valence-corrected chi connectivity index (χ3v) is 4.21. The van der Waals surface area contributed by atoms with Gasteiger partial charge in [-0.25, -0.2) is 14.8 Å². The fourth-order valence-corrected chi connectivity index (χ4v) is 3.33. The summed E-state index contributed by atoms with van der Waals surface area (Å²) in [6.07, 6.45) is 1.68. The van der Waals surface area contributed by atoms with Gasteiger partial charge in [-0.3, -0.25) is 4.40 Å². The van der Waals surface area contributed by atoms with Gasteiger partial charge in [0.15, 0.2) is 10.0 Å². The lowest BCUT2D eigenvalue weighted by Crippen LogP contribution is -2.02. The zero-order valence-corrected chi connectivity index (χ0v) is 11.4. The van der Waals surface area contributed by atoms with Crippen molar-refractivity contribution in [1.29, 1.82) is 0 Å². The summed E-state index contributed by atoms with van der Waals surface area (Å²) in [7, 11) is 0. The van der Waals surface area contributed by atoms with Crippen LogP contribution in [0.25, 0.3) is 5.65 Å². The fraction of sp³-hybridized carbons (Fsp3) is 0.0909. The number of fused-ring (bicyclic) bond motifs is 1. The molecule has 3 rings (SSSR count). The molecule has 0 aliphatic carbocycles. The molecule has 0 fully saturated rings. The van der Waals surface area contributed by atoms with E-state index in [0.29, 0.717) is 20.8 Å². The van der Waals surface area contributed by atoms with Crippen LogP contribution in [0.2, 0.25) is 0 Å². The monoisotopic (exact) mass is 292 g/mol. The van der Waals surface area contributed by atoms with Gasteiger partial charge in [0.2, 0.25) is 0 Å². The van der Waals surface area contributed by atoms with E-state index in [0.717, 1.165) is 0 Å². The smallest absolute Gasteiger partial charge is 0.355 e. The minimum absolute atomic E-state index is 0.147. The minimum atomic E-state index is -1.01. The van der Waals surface area contributed by atoms with Crippen LogP contribution in [-0.2, 0) is 0 Å². The first-order valence-corrected chi connectivity index (χ1v) is 6.92. The summed E-state index contributed by atoms with van der Waals surface area (Å²) < 4.78 is 6.31. The quantitative estimate of drug-likeness (QED) is 0.798. The lowest BCUT2D eigenvalue weighted by molar-refractivity contribution is 0.0685. The van der Waals surface area contributed by atoms with Gasteiger partial charge in [0.05, 0.1) is 0 Å². The number of rotatable bonds is 3. The van der Waals surface area contributed by atoms with Crippen LogP contribution in [-0.4, -0.2) is 29.8 Å². The van der Waals surface area contributed by atoms with Gasteiger partial charge in [-0.05, 0) is 42.4 Å². The van der Waals surface area contributed by atoms with E-state index < -0.39 is 5.97 Å². The standard InChI is InChI=1S/C11H8N4O2S2/c1-6-12-11(19-14-6)18-9-8(10(16)17)15-5-3-2-4-7(15)13-9/h2-5H,1H3,(H,16,17). The van der Waals surface area contributed by atoms with E-state index in [4.69, 9.17) is 0 Å². The highest BCUT2D eigenvalue weighted by molar-refractivity contribution is 8.01. The molecule has 0 saturated carbocycles. The normalized spacial score (nSPS) is 11.0. The van der Waals surface area contributed by atoms with Crippen LogP contribution in [0.3, 0.4) is 0 Å². The van der Waals surface area contributed by atoms with Gasteiger partial charge in [-0.15, -0.1) is 0 Å². The predicted molar refractivity (Wildman–Crippen MR) is 70.9 cm³/mol. The molecule has 19 heavy (non-hydrogen) atoms. The zero-order valence-electron chi connectivity index (χ0n) is 9.77. The Morgan fingerprint density at radius 1 is 1.42 bits per heavy atom. The Kier molecular flexibility index (Phi) is 2.96. The molecule has 3 aromatic rings. The highest BCUT2D eigenvalue weighted by Crippen LogP contribution is 2.31. The van der Waals surface area contributed by atoms with Gasteiger partial charge >= 0.3 is 5.97 Å². The maximum atomic E-state index is 11.4. The number of carboxylic acid groups (broad SMARTS) is 1. The molecule has 3 heterocycles. The van der Waals surface area contributed by atoms with Gasteiger partial charge in [-0.2, -0.15) is 4.37 Å². The lowest BCUT2D eigenvalue weighted by Gasteiger charge is -1.97. The van der Waals surface area contributed by atoms with Crippen LogP contribution in [0.15, 0.2) is 33.8 Å². The summed E-state index contributed by atoms with van der Waals surface area (Å²) >= 11 is 2.46. The molecule has 1 N–H and O–H groups in total. The van der Waals surface area contributed by atoms with Crippen LogP contribution < -0.4 is 0 Å². The SMILES string of the molecule is Cc1nsc(Sc2nc3ccccn3c2C(=O)O)n1. The highest BCUT2D eigenvalue weighted by Gasteiger charge is 2.20. The third kappa shape index (κ3) is 2.20. The Labute approximate surface area is 116 Å². The van der Waals surface area contributed by atoms with Crippen molar-refractivity contribution in [3.8, 4) is 0 Å². The molecule has 6 nitrogen and oxygen atoms in total. The van der Waals surface area contributed by atoms with E-state index in [1.807, 2.05) is 6.07 Å². The molecule has 0 saturated heterocycles. The topological polar surface area (TPSA) is 80.4 Å². The third-order valence-electron chi connectivity index (χ3n) is 2.39. The number of nitrogens with zero attached hydrogens (tertiary/aromatic N) is 4. The first-order valence-electron chi connectivity index (χ1n) is 5.33. The van der Waals surface area contributed by atoms with Crippen molar-refractivity contribution < 1.29 is 9.90 Å². The second-order valence-corrected chi connectivity index (χ2v) is 5.70. The van der Waals surface area contributed by atoms with Gasteiger partial charge in [-0.1, -0.05) is 6.07 Å². The molecule has 0 unspecified atom stereocenters. The molecular formula is C11H8N4O2S2. The van der Waals surface area contributed by atoms with Crippen molar-refractivity contribution in [2.24, 2.45) is 0 Å². The number of carboxylic acids is 1. The number of aryl methyl sites for hydroxylation is 1. The van der Waals surface area contributed by atoms with E-state index >= 15 is 0 Å². The van der Waals surface area contributed by atoms with E-state index in [1.165, 1.54) is 23.3 Å². The Bertz CT molecular complexity index is 765. The largest absolute Gasteiger partial charge is 0.476 e. The van der Waals surface area contributed by atoms with Crippen molar-refractivity contribution in [3.63, 3.8) is 0 Å². The van der Waals surface area contributed by atoms with Crippen LogP contribution in [0, 0.1) is 6.92 Å². The number of hydrogen-bond donors (Lipinski definition) is 1. The summed E-state index contributed by atoms with van der Waals surface area (Å²) in [4.78, 5) is 19.9. The van der Waals surface area contributed by atoms with E-state index in [2.05, 4.69) is 14.3 Å². The second kappa shape index (κ2) is 4.63. The number of hydrogen-bond acceptors (Lipinski definition) is 6. The first-order chi connectivity index (χ1) is 9.15. The van der Waals surface area contributed by atoms with Crippen LogP contribution >= 0.6 is 23.3 Å². The molecule has 0 aliphatic heterocycles. The maximum Gasteiger partial charge on any atom is 0.355 e. The molecule has 0 bridgehead atoms. The van der Waals surface area contributed by atoms with Gasteiger partial charge < -0.3 is 5.11 Å². The average Bonchev–Trinajstić information content (AvgIpc) is 2.92. The Morgan fingerprint density at radius 3 is 2.95 bits per heavy atom. The summed E-state index contributed by atoms with van der Waals surface area (Å²) in [5.74, 6) is -0.337. The molecular weight excluding hydrogens is 284 g/mol. The summed E-state index contributed by atoms with van der Waals surface area (Å²) in [6, 6.07) is 5.35. The number of imidazole rings is 1. The van der Waals surface area contributed by atoms with Gasteiger partial charge in [0, 0.05) is 6.20 Å². The molecule has 0 spiro atoms. The summed E-state index contributed by atoms with van der Waals surface area (Å²) in [5, 5.41) is 9.75. The zero-order chi connectivity index (χ0) is 13.4. The van der Waals surface area contributed by atoms with Crippen LogP contribution in [0.1, 0.15) is 16.3 Å². The van der Waals surface area contributed by atoms with E-state index in [9.17, 15) is 9.90 Å². The first kappa shape index (κ1) is 12.1. The Morgan fingerprint density at radius 2 is 2.26 bits per heavy atom. The second-order valence-electron chi connectivity index (χ2n) is 3.71. The van der Waals surface area contributed by atoms with Gasteiger partial charge in [0.1, 0.15) is 16.5 Å². The van der Waals surface area contributed by atoms with Crippen molar-refractivity contribution >= 4 is 34.9 Å².